The van der Waals surface area contributed by atoms with E-state index >= 15 is 0 Å². The fourth-order valence-corrected chi connectivity index (χ4v) is 4.01. The zero-order chi connectivity index (χ0) is 23.5. The maximum atomic E-state index is 13.5. The van der Waals surface area contributed by atoms with Gasteiger partial charge >= 0.3 is 0 Å². The SMILES string of the molecule is CCCNC(=O)C(Cc1ccccc1)N(Cc1ccc(Br)cc1)C(=O)CCc1ccccc1. The van der Waals surface area contributed by atoms with Crippen molar-refractivity contribution in [3.8, 4) is 0 Å². The first kappa shape index (κ1) is 24.7. The Morgan fingerprint density at radius 1 is 0.848 bits per heavy atom. The quantitative estimate of drug-likeness (QED) is 0.370. The van der Waals surface area contributed by atoms with Gasteiger partial charge < -0.3 is 10.2 Å². The maximum absolute atomic E-state index is 13.5. The van der Waals surface area contributed by atoms with Gasteiger partial charge in [-0.15, -0.1) is 0 Å². The number of halogens is 1. The number of carbonyl (C=O) groups is 2. The van der Waals surface area contributed by atoms with Crippen molar-refractivity contribution in [1.29, 1.82) is 0 Å². The number of nitrogens with one attached hydrogen (secondary N) is 1. The topological polar surface area (TPSA) is 49.4 Å². The molecule has 0 aliphatic heterocycles. The molecule has 4 nitrogen and oxygen atoms in total. The number of nitrogens with zero attached hydrogens (tertiary/aromatic N) is 1. The molecule has 0 aliphatic rings. The lowest BCUT2D eigenvalue weighted by atomic mass is 10.0. The van der Waals surface area contributed by atoms with Crippen molar-refractivity contribution in [2.24, 2.45) is 0 Å². The molecule has 3 aromatic carbocycles. The molecule has 3 rings (SSSR count). The molecule has 0 fully saturated rings. The van der Waals surface area contributed by atoms with Crippen molar-refractivity contribution in [1.82, 2.24) is 10.2 Å². The molecular weight excluding hydrogens is 476 g/mol. The minimum absolute atomic E-state index is 0.0191. The second-order valence-corrected chi connectivity index (χ2v) is 9.05. The number of hydrogen-bond donors (Lipinski definition) is 1. The Hall–Kier alpha value is -2.92. The lowest BCUT2D eigenvalue weighted by Crippen LogP contribution is -2.50. The number of hydrogen-bond acceptors (Lipinski definition) is 2. The molecule has 0 heterocycles. The van der Waals surface area contributed by atoms with Crippen LogP contribution in [0.4, 0.5) is 0 Å². The van der Waals surface area contributed by atoms with Crippen LogP contribution in [0.5, 0.6) is 0 Å². The zero-order valence-electron chi connectivity index (χ0n) is 19.0. The van der Waals surface area contributed by atoms with E-state index in [0.717, 1.165) is 27.6 Å². The summed E-state index contributed by atoms with van der Waals surface area (Å²) in [5.74, 6) is -0.125. The van der Waals surface area contributed by atoms with Crippen LogP contribution in [-0.4, -0.2) is 29.3 Å². The Morgan fingerprint density at radius 2 is 1.45 bits per heavy atom. The molecule has 3 aromatic rings. The molecule has 2 amide bonds. The van der Waals surface area contributed by atoms with Gasteiger partial charge in [0.2, 0.25) is 11.8 Å². The summed E-state index contributed by atoms with van der Waals surface area (Å²) in [6.07, 6.45) is 2.32. The van der Waals surface area contributed by atoms with Crippen molar-refractivity contribution in [2.45, 2.75) is 45.2 Å². The largest absolute Gasteiger partial charge is 0.354 e. The Balaban J connectivity index is 1.87. The van der Waals surface area contributed by atoms with Crippen LogP contribution in [0.3, 0.4) is 0 Å². The van der Waals surface area contributed by atoms with Gasteiger partial charge in [0, 0.05) is 30.4 Å². The Morgan fingerprint density at radius 3 is 2.06 bits per heavy atom. The Kier molecular flexibility index (Phi) is 9.70. The van der Waals surface area contributed by atoms with E-state index in [-0.39, 0.29) is 11.8 Å². The molecule has 1 atom stereocenters. The molecule has 0 aromatic heterocycles. The van der Waals surface area contributed by atoms with Crippen LogP contribution in [0.2, 0.25) is 0 Å². The van der Waals surface area contributed by atoms with Gasteiger partial charge in [0.05, 0.1) is 0 Å². The van der Waals surface area contributed by atoms with Gasteiger partial charge in [0.1, 0.15) is 6.04 Å². The van der Waals surface area contributed by atoms with E-state index in [0.29, 0.717) is 32.4 Å². The van der Waals surface area contributed by atoms with E-state index in [1.165, 1.54) is 0 Å². The van der Waals surface area contributed by atoms with Gasteiger partial charge in [0.25, 0.3) is 0 Å². The van der Waals surface area contributed by atoms with Crippen molar-refractivity contribution >= 4 is 27.7 Å². The first-order valence-electron chi connectivity index (χ1n) is 11.5. The van der Waals surface area contributed by atoms with Gasteiger partial charge in [0.15, 0.2) is 0 Å². The van der Waals surface area contributed by atoms with E-state index in [1.54, 1.807) is 4.90 Å². The average Bonchev–Trinajstić information content (AvgIpc) is 2.85. The molecule has 172 valence electrons. The molecule has 0 spiro atoms. The second kappa shape index (κ2) is 12.9. The third-order valence-corrected chi connectivity index (χ3v) is 6.09. The minimum Gasteiger partial charge on any atom is -0.354 e. The van der Waals surface area contributed by atoms with Gasteiger partial charge in [-0.3, -0.25) is 9.59 Å². The third kappa shape index (κ3) is 7.86. The van der Waals surface area contributed by atoms with Crippen molar-refractivity contribution in [3.05, 3.63) is 106 Å². The summed E-state index contributed by atoms with van der Waals surface area (Å²) in [7, 11) is 0. The minimum atomic E-state index is -0.578. The van der Waals surface area contributed by atoms with Crippen molar-refractivity contribution < 1.29 is 9.59 Å². The number of aryl methyl sites for hydroxylation is 1. The number of rotatable bonds is 11. The summed E-state index contributed by atoms with van der Waals surface area (Å²) in [5.41, 5.74) is 3.14. The van der Waals surface area contributed by atoms with Gasteiger partial charge in [-0.2, -0.15) is 0 Å². The predicted octanol–water partition coefficient (Wildman–Crippen LogP) is 5.55. The zero-order valence-corrected chi connectivity index (χ0v) is 20.6. The first-order valence-corrected chi connectivity index (χ1v) is 12.3. The van der Waals surface area contributed by atoms with Crippen molar-refractivity contribution in [3.63, 3.8) is 0 Å². The molecule has 0 radical (unpaired) electrons. The van der Waals surface area contributed by atoms with Crippen LogP contribution in [0.1, 0.15) is 36.5 Å². The fraction of sp³-hybridized carbons (Fsp3) is 0.286. The molecule has 33 heavy (non-hydrogen) atoms. The monoisotopic (exact) mass is 506 g/mol. The Labute approximate surface area is 205 Å². The van der Waals surface area contributed by atoms with Crippen LogP contribution >= 0.6 is 15.9 Å². The molecular formula is C28H31BrN2O2. The second-order valence-electron chi connectivity index (χ2n) is 8.13. The van der Waals surface area contributed by atoms with E-state index in [9.17, 15) is 9.59 Å². The van der Waals surface area contributed by atoms with Crippen molar-refractivity contribution in [2.75, 3.05) is 6.54 Å². The van der Waals surface area contributed by atoms with E-state index in [1.807, 2.05) is 91.9 Å². The third-order valence-electron chi connectivity index (χ3n) is 5.56. The highest BCUT2D eigenvalue weighted by molar-refractivity contribution is 9.10. The van der Waals surface area contributed by atoms with Gasteiger partial charge in [-0.1, -0.05) is 95.7 Å². The summed E-state index contributed by atoms with van der Waals surface area (Å²) in [5, 5.41) is 3.02. The number of benzene rings is 3. The number of carbonyl (C=O) groups excluding carboxylic acids is 2. The van der Waals surface area contributed by atoms with Crippen LogP contribution in [-0.2, 0) is 29.0 Å². The number of amides is 2. The van der Waals surface area contributed by atoms with Crippen LogP contribution in [0.15, 0.2) is 89.4 Å². The molecule has 0 saturated carbocycles. The van der Waals surface area contributed by atoms with E-state index in [4.69, 9.17) is 0 Å². The molecule has 1 unspecified atom stereocenters. The van der Waals surface area contributed by atoms with Gasteiger partial charge in [-0.25, -0.2) is 0 Å². The molecule has 0 bridgehead atoms. The van der Waals surface area contributed by atoms with Crippen LogP contribution in [0, 0.1) is 0 Å². The average molecular weight is 507 g/mol. The standard InChI is InChI=1S/C28H31BrN2O2/c1-2-19-30-28(33)26(20-23-11-7-4-8-12-23)31(21-24-13-16-25(29)17-14-24)27(32)18-15-22-9-5-3-6-10-22/h3-14,16-17,26H,2,15,18-21H2,1H3,(H,30,33). The fourth-order valence-electron chi connectivity index (χ4n) is 3.75. The molecule has 0 saturated heterocycles. The molecule has 1 N–H and O–H groups in total. The predicted molar refractivity (Wildman–Crippen MR) is 137 cm³/mol. The summed E-state index contributed by atoms with van der Waals surface area (Å²) in [6, 6.07) is 27.2. The molecule has 5 heteroatoms. The smallest absolute Gasteiger partial charge is 0.243 e. The first-order chi connectivity index (χ1) is 16.1. The lowest BCUT2D eigenvalue weighted by molar-refractivity contribution is -0.141. The van der Waals surface area contributed by atoms with E-state index in [2.05, 4.69) is 21.2 Å². The maximum Gasteiger partial charge on any atom is 0.243 e. The van der Waals surface area contributed by atoms with Gasteiger partial charge in [-0.05, 0) is 41.7 Å². The summed E-state index contributed by atoms with van der Waals surface area (Å²) < 4.78 is 0.981. The summed E-state index contributed by atoms with van der Waals surface area (Å²) in [6.45, 7) is 3.00. The summed E-state index contributed by atoms with van der Waals surface area (Å²) >= 11 is 3.47. The Bertz CT molecular complexity index is 1010. The van der Waals surface area contributed by atoms with Crippen LogP contribution in [0.25, 0.3) is 0 Å². The van der Waals surface area contributed by atoms with Crippen LogP contribution < -0.4 is 5.32 Å². The van der Waals surface area contributed by atoms with E-state index < -0.39 is 6.04 Å². The highest BCUT2D eigenvalue weighted by atomic mass is 79.9. The lowest BCUT2D eigenvalue weighted by Gasteiger charge is -2.31. The molecule has 0 aliphatic carbocycles. The summed E-state index contributed by atoms with van der Waals surface area (Å²) in [4.78, 5) is 28.5. The normalized spacial score (nSPS) is 11.6. The highest BCUT2D eigenvalue weighted by Crippen LogP contribution is 2.18. The highest BCUT2D eigenvalue weighted by Gasteiger charge is 2.30.